The van der Waals surface area contributed by atoms with Gasteiger partial charge < -0.3 is 25.0 Å². The minimum Gasteiger partial charge on any atom is -0.495 e. The van der Waals surface area contributed by atoms with Crippen LogP contribution in [-0.4, -0.2) is 50.8 Å². The molecule has 1 atom stereocenters. The second-order valence-corrected chi connectivity index (χ2v) is 7.23. The summed E-state index contributed by atoms with van der Waals surface area (Å²) in [4.78, 5) is 11.1. The summed E-state index contributed by atoms with van der Waals surface area (Å²) < 4.78 is 10.7. The van der Waals surface area contributed by atoms with E-state index in [1.807, 2.05) is 30.3 Å². The Hall–Kier alpha value is -2.67. The number of anilines is 1. The maximum absolute atomic E-state index is 6.19. The Morgan fingerprint density at radius 3 is 2.90 bits per heavy atom. The van der Waals surface area contributed by atoms with Crippen LogP contribution in [0.5, 0.6) is 11.6 Å². The van der Waals surface area contributed by atoms with Gasteiger partial charge in [0.05, 0.1) is 26.5 Å². The first-order valence-electron chi connectivity index (χ1n) is 9.75. The third-order valence-electron chi connectivity index (χ3n) is 4.78. The van der Waals surface area contributed by atoms with Crippen LogP contribution < -0.4 is 25.0 Å². The highest BCUT2D eigenvalue weighted by Crippen LogP contribution is 2.33. The number of nitrogens with zero attached hydrogens (tertiary/aromatic N) is 3. The molecule has 7 nitrogen and oxygen atoms in total. The standard InChI is InChI=1S/C21H28ClN5O2/c1-4-23-21(25-13-15-7-9-24-20(11-15)29-3)26-17-8-10-27(14-17)18-12-16(22)5-6-19(18)28-2/h5-7,9,11-12,17H,4,8,10,13-14H2,1-3H3,(H2,23,25,26). The van der Waals surface area contributed by atoms with E-state index in [1.165, 1.54) is 0 Å². The van der Waals surface area contributed by atoms with E-state index in [9.17, 15) is 0 Å². The molecule has 0 bridgehead atoms. The zero-order chi connectivity index (χ0) is 20.6. The van der Waals surface area contributed by atoms with Gasteiger partial charge in [0.15, 0.2) is 5.96 Å². The van der Waals surface area contributed by atoms with Crippen LogP contribution in [0.2, 0.25) is 5.02 Å². The van der Waals surface area contributed by atoms with Gasteiger partial charge in [0.2, 0.25) is 5.88 Å². The summed E-state index contributed by atoms with van der Waals surface area (Å²) >= 11 is 6.19. The SMILES string of the molecule is CCNC(=NCc1ccnc(OC)c1)NC1CCN(c2cc(Cl)ccc2OC)C1. The molecule has 2 heterocycles. The molecule has 0 aliphatic carbocycles. The normalized spacial score (nSPS) is 16.6. The first-order chi connectivity index (χ1) is 14.1. The molecule has 1 aliphatic heterocycles. The lowest BCUT2D eigenvalue weighted by molar-refractivity contribution is 0.397. The Morgan fingerprint density at radius 1 is 1.28 bits per heavy atom. The van der Waals surface area contributed by atoms with Crippen LogP contribution >= 0.6 is 11.6 Å². The molecule has 2 N–H and O–H groups in total. The summed E-state index contributed by atoms with van der Waals surface area (Å²) in [6, 6.07) is 9.84. The third kappa shape index (κ3) is 5.67. The molecule has 1 saturated heterocycles. The minimum atomic E-state index is 0.281. The number of methoxy groups -OCH3 is 2. The molecule has 0 spiro atoms. The number of hydrogen-bond acceptors (Lipinski definition) is 5. The van der Waals surface area contributed by atoms with E-state index in [0.29, 0.717) is 17.4 Å². The van der Waals surface area contributed by atoms with Crippen LogP contribution in [0.25, 0.3) is 0 Å². The molecule has 3 rings (SSSR count). The Labute approximate surface area is 177 Å². The van der Waals surface area contributed by atoms with Gasteiger partial charge in [-0.2, -0.15) is 0 Å². The van der Waals surface area contributed by atoms with Crippen molar-refractivity contribution in [1.29, 1.82) is 0 Å². The average molecular weight is 418 g/mol. The molecule has 2 aromatic rings. The van der Waals surface area contributed by atoms with Gasteiger partial charge in [0, 0.05) is 43.0 Å². The molecule has 1 unspecified atom stereocenters. The molecule has 1 aromatic heterocycles. The number of aromatic nitrogens is 1. The van der Waals surface area contributed by atoms with Crippen LogP contribution in [0.1, 0.15) is 18.9 Å². The lowest BCUT2D eigenvalue weighted by Crippen LogP contribution is -2.44. The summed E-state index contributed by atoms with van der Waals surface area (Å²) in [5.74, 6) is 2.23. The van der Waals surface area contributed by atoms with Gasteiger partial charge in [0.25, 0.3) is 0 Å². The molecule has 0 amide bonds. The van der Waals surface area contributed by atoms with E-state index in [1.54, 1.807) is 20.4 Å². The molecular weight excluding hydrogens is 390 g/mol. The fourth-order valence-corrected chi connectivity index (χ4v) is 3.52. The van der Waals surface area contributed by atoms with Crippen molar-refractivity contribution in [2.45, 2.75) is 25.9 Å². The Bertz CT molecular complexity index is 846. The van der Waals surface area contributed by atoms with E-state index in [4.69, 9.17) is 26.1 Å². The van der Waals surface area contributed by atoms with Crippen LogP contribution in [0.15, 0.2) is 41.5 Å². The summed E-state index contributed by atoms with van der Waals surface area (Å²) in [7, 11) is 3.30. The number of benzene rings is 1. The summed E-state index contributed by atoms with van der Waals surface area (Å²) in [5.41, 5.74) is 2.07. The third-order valence-corrected chi connectivity index (χ3v) is 5.02. The fourth-order valence-electron chi connectivity index (χ4n) is 3.35. The highest BCUT2D eigenvalue weighted by atomic mass is 35.5. The summed E-state index contributed by atoms with van der Waals surface area (Å²) in [5, 5.41) is 7.57. The smallest absolute Gasteiger partial charge is 0.213 e. The largest absolute Gasteiger partial charge is 0.495 e. The molecule has 1 fully saturated rings. The Kier molecular flexibility index (Phi) is 7.41. The second-order valence-electron chi connectivity index (χ2n) is 6.79. The monoisotopic (exact) mass is 417 g/mol. The van der Waals surface area contributed by atoms with E-state index in [0.717, 1.165) is 49.0 Å². The summed E-state index contributed by atoms with van der Waals surface area (Å²) in [6.07, 6.45) is 2.74. The van der Waals surface area contributed by atoms with Crippen molar-refractivity contribution in [3.8, 4) is 11.6 Å². The van der Waals surface area contributed by atoms with Gasteiger partial charge in [-0.25, -0.2) is 9.98 Å². The summed E-state index contributed by atoms with van der Waals surface area (Å²) in [6.45, 7) is 5.18. The van der Waals surface area contributed by atoms with Crippen molar-refractivity contribution in [2.24, 2.45) is 4.99 Å². The van der Waals surface area contributed by atoms with Gasteiger partial charge in [-0.3, -0.25) is 0 Å². The molecule has 8 heteroatoms. The number of rotatable bonds is 7. The zero-order valence-corrected chi connectivity index (χ0v) is 17.9. The van der Waals surface area contributed by atoms with Gasteiger partial charge >= 0.3 is 0 Å². The molecule has 29 heavy (non-hydrogen) atoms. The number of ether oxygens (including phenoxy) is 2. The van der Waals surface area contributed by atoms with E-state index in [2.05, 4.69) is 27.4 Å². The molecule has 1 aromatic carbocycles. The second kappa shape index (κ2) is 10.2. The van der Waals surface area contributed by atoms with E-state index in [-0.39, 0.29) is 6.04 Å². The number of hydrogen-bond donors (Lipinski definition) is 2. The molecular formula is C21H28ClN5O2. The predicted octanol–water partition coefficient (Wildman–Crippen LogP) is 3.09. The number of pyridine rings is 1. The number of nitrogens with one attached hydrogen (secondary N) is 2. The Balaban J connectivity index is 1.65. The highest BCUT2D eigenvalue weighted by Gasteiger charge is 2.25. The fraction of sp³-hybridized carbons (Fsp3) is 0.429. The van der Waals surface area contributed by atoms with Crippen LogP contribution in [0, 0.1) is 0 Å². The molecule has 156 valence electrons. The maximum atomic E-state index is 6.19. The van der Waals surface area contributed by atoms with Crippen LogP contribution in [0.4, 0.5) is 5.69 Å². The number of halogens is 1. The zero-order valence-electron chi connectivity index (χ0n) is 17.1. The van der Waals surface area contributed by atoms with Crippen LogP contribution in [0.3, 0.4) is 0 Å². The number of aliphatic imine (C=N–C) groups is 1. The Morgan fingerprint density at radius 2 is 2.14 bits per heavy atom. The molecule has 0 saturated carbocycles. The van der Waals surface area contributed by atoms with Crippen molar-refractivity contribution >= 4 is 23.2 Å². The van der Waals surface area contributed by atoms with Crippen molar-refractivity contribution in [3.05, 3.63) is 47.1 Å². The lowest BCUT2D eigenvalue weighted by Gasteiger charge is -2.22. The topological polar surface area (TPSA) is 71.0 Å². The molecule has 0 radical (unpaired) electrons. The highest BCUT2D eigenvalue weighted by molar-refractivity contribution is 6.30. The minimum absolute atomic E-state index is 0.281. The quantitative estimate of drug-likeness (QED) is 0.533. The van der Waals surface area contributed by atoms with Gasteiger partial charge in [-0.05, 0) is 43.2 Å². The van der Waals surface area contributed by atoms with Crippen molar-refractivity contribution in [1.82, 2.24) is 15.6 Å². The van der Waals surface area contributed by atoms with E-state index < -0.39 is 0 Å². The molecule has 1 aliphatic rings. The van der Waals surface area contributed by atoms with Gasteiger partial charge in [-0.1, -0.05) is 11.6 Å². The first kappa shape index (κ1) is 21.0. The predicted molar refractivity (Wildman–Crippen MR) is 117 cm³/mol. The van der Waals surface area contributed by atoms with Gasteiger partial charge in [0.1, 0.15) is 5.75 Å². The van der Waals surface area contributed by atoms with Crippen LogP contribution in [-0.2, 0) is 6.54 Å². The van der Waals surface area contributed by atoms with Crippen molar-refractivity contribution in [2.75, 3.05) is 38.8 Å². The first-order valence-corrected chi connectivity index (χ1v) is 10.1. The van der Waals surface area contributed by atoms with Crippen molar-refractivity contribution in [3.63, 3.8) is 0 Å². The number of guanidine groups is 1. The van der Waals surface area contributed by atoms with E-state index >= 15 is 0 Å². The lowest BCUT2D eigenvalue weighted by atomic mass is 10.2. The maximum Gasteiger partial charge on any atom is 0.213 e. The average Bonchev–Trinajstić information content (AvgIpc) is 3.20. The van der Waals surface area contributed by atoms with Crippen molar-refractivity contribution < 1.29 is 9.47 Å². The van der Waals surface area contributed by atoms with Gasteiger partial charge in [-0.15, -0.1) is 0 Å².